The first kappa shape index (κ1) is 24.5. The first-order valence-corrected chi connectivity index (χ1v) is 12.2. The first-order valence-electron chi connectivity index (χ1n) is 12.2. The maximum Gasteiger partial charge on any atom is 0.303 e. The molecule has 1 saturated carbocycles. The van der Waals surface area contributed by atoms with E-state index >= 15 is 0 Å². The molecule has 0 spiro atoms. The van der Waals surface area contributed by atoms with E-state index in [1.165, 1.54) is 18.4 Å². The Balaban J connectivity index is 1.37. The van der Waals surface area contributed by atoms with Crippen molar-refractivity contribution in [3.05, 3.63) is 94.5 Å². The molecule has 35 heavy (non-hydrogen) atoms. The average molecular weight is 473 g/mol. The molecular formula is C30H32O5. The van der Waals surface area contributed by atoms with Crippen molar-refractivity contribution >= 4 is 11.8 Å². The number of ketones is 1. The molecule has 182 valence electrons. The van der Waals surface area contributed by atoms with Crippen LogP contribution in [0.5, 0.6) is 11.5 Å². The van der Waals surface area contributed by atoms with Gasteiger partial charge in [0.1, 0.15) is 11.5 Å². The van der Waals surface area contributed by atoms with Crippen molar-refractivity contribution < 1.29 is 24.2 Å². The smallest absolute Gasteiger partial charge is 0.303 e. The van der Waals surface area contributed by atoms with Gasteiger partial charge in [-0.25, -0.2) is 0 Å². The molecule has 5 heteroatoms. The molecule has 1 N–H and O–H groups in total. The van der Waals surface area contributed by atoms with Crippen molar-refractivity contribution in [1.29, 1.82) is 0 Å². The van der Waals surface area contributed by atoms with Gasteiger partial charge < -0.3 is 14.6 Å². The summed E-state index contributed by atoms with van der Waals surface area (Å²) in [6.07, 6.45) is 3.49. The molecule has 0 radical (unpaired) electrons. The van der Waals surface area contributed by atoms with E-state index in [1.54, 1.807) is 0 Å². The minimum atomic E-state index is -0.797. The number of hydrogen-bond acceptors (Lipinski definition) is 4. The van der Waals surface area contributed by atoms with Crippen LogP contribution < -0.4 is 9.47 Å². The van der Waals surface area contributed by atoms with Gasteiger partial charge in [0.25, 0.3) is 0 Å². The molecule has 1 fully saturated rings. The molecule has 0 aliphatic heterocycles. The van der Waals surface area contributed by atoms with Gasteiger partial charge in [-0.2, -0.15) is 0 Å². The lowest BCUT2D eigenvalue weighted by Crippen LogP contribution is -2.18. The Kier molecular flexibility index (Phi) is 7.86. The fourth-order valence-corrected chi connectivity index (χ4v) is 4.14. The van der Waals surface area contributed by atoms with E-state index < -0.39 is 5.97 Å². The van der Waals surface area contributed by atoms with Crippen molar-refractivity contribution in [1.82, 2.24) is 0 Å². The molecule has 3 aromatic carbocycles. The van der Waals surface area contributed by atoms with Crippen LogP contribution in [0.1, 0.15) is 71.1 Å². The van der Waals surface area contributed by atoms with Crippen LogP contribution in [0.2, 0.25) is 0 Å². The monoisotopic (exact) mass is 472 g/mol. The van der Waals surface area contributed by atoms with Crippen molar-refractivity contribution in [2.45, 2.75) is 58.0 Å². The van der Waals surface area contributed by atoms with Crippen LogP contribution in [0.15, 0.2) is 66.7 Å². The van der Waals surface area contributed by atoms with Gasteiger partial charge in [0.2, 0.25) is 0 Å². The van der Waals surface area contributed by atoms with E-state index in [0.717, 1.165) is 16.9 Å². The van der Waals surface area contributed by atoms with Crippen LogP contribution in [-0.4, -0.2) is 29.6 Å². The van der Waals surface area contributed by atoms with E-state index in [-0.39, 0.29) is 18.3 Å². The summed E-state index contributed by atoms with van der Waals surface area (Å²) in [5.41, 5.74) is 4.51. The van der Waals surface area contributed by atoms with E-state index in [0.29, 0.717) is 42.2 Å². The first-order chi connectivity index (χ1) is 16.9. The lowest BCUT2D eigenvalue weighted by Gasteiger charge is -2.18. The molecule has 0 bridgehead atoms. The Hall–Kier alpha value is -3.60. The summed E-state index contributed by atoms with van der Waals surface area (Å²) in [5, 5.41) is 8.88. The molecule has 0 saturated heterocycles. The lowest BCUT2D eigenvalue weighted by atomic mass is 9.98. The molecule has 1 aliphatic carbocycles. The molecule has 0 aromatic heterocycles. The molecule has 4 rings (SSSR count). The molecule has 1 unspecified atom stereocenters. The summed E-state index contributed by atoms with van der Waals surface area (Å²) >= 11 is 0. The quantitative estimate of drug-likeness (QED) is 0.311. The number of carbonyl (C=O) groups excluding carboxylic acids is 1. The summed E-state index contributed by atoms with van der Waals surface area (Å²) in [6, 6.07) is 21.1. The van der Waals surface area contributed by atoms with Gasteiger partial charge in [0.05, 0.1) is 18.3 Å². The summed E-state index contributed by atoms with van der Waals surface area (Å²) in [4.78, 5) is 24.1. The minimum absolute atomic E-state index is 0.0231. The number of benzene rings is 3. The molecule has 0 heterocycles. The van der Waals surface area contributed by atoms with E-state index in [4.69, 9.17) is 14.6 Å². The SMILES string of the molecule is Cc1cc(OCCC(C)Oc2ccc(C3CC3)cc2C(=O)c2ccccc2)ccc1CCC(=O)O. The standard InChI is InChI=1S/C30H32O5/c1-20-18-26(13-10-22(20)12-15-29(31)32)34-17-16-21(2)35-28-14-11-25(23-8-9-23)19-27(28)30(33)24-6-4-3-5-7-24/h3-7,10-11,13-14,18-19,21,23H,8-9,12,15-17H2,1-2H3,(H,31,32). The van der Waals surface area contributed by atoms with Crippen LogP contribution in [0.4, 0.5) is 0 Å². The molecule has 5 nitrogen and oxygen atoms in total. The Morgan fingerprint density at radius 3 is 2.49 bits per heavy atom. The highest BCUT2D eigenvalue weighted by Gasteiger charge is 2.26. The van der Waals surface area contributed by atoms with Crippen molar-refractivity contribution in [2.75, 3.05) is 6.61 Å². The minimum Gasteiger partial charge on any atom is -0.493 e. The van der Waals surface area contributed by atoms with E-state index in [1.807, 2.05) is 74.5 Å². The van der Waals surface area contributed by atoms with Gasteiger partial charge in [0.15, 0.2) is 5.78 Å². The van der Waals surface area contributed by atoms with Crippen LogP contribution in [-0.2, 0) is 11.2 Å². The van der Waals surface area contributed by atoms with Gasteiger partial charge in [-0.05, 0) is 80.0 Å². The number of carboxylic acid groups (broad SMARTS) is 1. The predicted octanol–water partition coefficient (Wildman–Crippen LogP) is 6.36. The Morgan fingerprint density at radius 1 is 1.03 bits per heavy atom. The number of aliphatic carboxylic acids is 1. The molecule has 0 amide bonds. The van der Waals surface area contributed by atoms with E-state index in [2.05, 4.69) is 6.07 Å². The van der Waals surface area contributed by atoms with Crippen molar-refractivity contribution in [3.63, 3.8) is 0 Å². The molecular weight excluding hydrogens is 440 g/mol. The number of rotatable bonds is 12. The third-order valence-electron chi connectivity index (χ3n) is 6.38. The van der Waals surface area contributed by atoms with Gasteiger partial charge in [-0.1, -0.05) is 42.5 Å². The second-order valence-corrected chi connectivity index (χ2v) is 9.27. The highest BCUT2D eigenvalue weighted by Crippen LogP contribution is 2.41. The van der Waals surface area contributed by atoms with Gasteiger partial charge in [-0.15, -0.1) is 0 Å². The normalized spacial score (nSPS) is 13.8. The number of carboxylic acids is 1. The molecule has 1 atom stereocenters. The van der Waals surface area contributed by atoms with E-state index in [9.17, 15) is 9.59 Å². The molecule has 3 aromatic rings. The lowest BCUT2D eigenvalue weighted by molar-refractivity contribution is -0.136. The van der Waals surface area contributed by atoms with Gasteiger partial charge in [0, 0.05) is 18.4 Å². The van der Waals surface area contributed by atoms with Gasteiger partial charge >= 0.3 is 5.97 Å². The fourth-order valence-electron chi connectivity index (χ4n) is 4.14. The number of ether oxygens (including phenoxy) is 2. The van der Waals surface area contributed by atoms with Crippen molar-refractivity contribution in [3.8, 4) is 11.5 Å². The van der Waals surface area contributed by atoms with Crippen LogP contribution in [0.25, 0.3) is 0 Å². The second kappa shape index (κ2) is 11.2. The van der Waals surface area contributed by atoms with Gasteiger partial charge in [-0.3, -0.25) is 9.59 Å². The third kappa shape index (κ3) is 6.72. The summed E-state index contributed by atoms with van der Waals surface area (Å²) in [6.45, 7) is 4.42. The van der Waals surface area contributed by atoms with Crippen LogP contribution in [0.3, 0.4) is 0 Å². The third-order valence-corrected chi connectivity index (χ3v) is 6.38. The summed E-state index contributed by atoms with van der Waals surface area (Å²) < 4.78 is 12.1. The second-order valence-electron chi connectivity index (χ2n) is 9.27. The number of aryl methyl sites for hydroxylation is 2. The number of hydrogen-bond donors (Lipinski definition) is 1. The average Bonchev–Trinajstić information content (AvgIpc) is 3.69. The largest absolute Gasteiger partial charge is 0.493 e. The van der Waals surface area contributed by atoms with Crippen molar-refractivity contribution in [2.24, 2.45) is 0 Å². The van der Waals surface area contributed by atoms with Crippen LogP contribution >= 0.6 is 0 Å². The topological polar surface area (TPSA) is 72.8 Å². The zero-order valence-corrected chi connectivity index (χ0v) is 20.3. The highest BCUT2D eigenvalue weighted by molar-refractivity contribution is 6.10. The van der Waals surface area contributed by atoms with Crippen LogP contribution in [0, 0.1) is 6.92 Å². The number of carbonyl (C=O) groups is 2. The molecule has 1 aliphatic rings. The zero-order valence-electron chi connectivity index (χ0n) is 20.3. The summed E-state index contributed by atoms with van der Waals surface area (Å²) in [5.74, 6) is 1.09. The summed E-state index contributed by atoms with van der Waals surface area (Å²) in [7, 11) is 0. The highest BCUT2D eigenvalue weighted by atomic mass is 16.5. The Bertz CT molecular complexity index is 1180. The maximum absolute atomic E-state index is 13.2. The fraction of sp³-hybridized carbons (Fsp3) is 0.333. The maximum atomic E-state index is 13.2. The zero-order chi connectivity index (χ0) is 24.8. The Morgan fingerprint density at radius 2 is 1.80 bits per heavy atom. The Labute approximate surface area is 206 Å². The predicted molar refractivity (Wildman–Crippen MR) is 136 cm³/mol.